The van der Waals surface area contributed by atoms with E-state index in [4.69, 9.17) is 33.4 Å². The molecule has 7 nitrogen and oxygen atoms in total. The average Bonchev–Trinajstić information content (AvgIpc) is 3.46. The van der Waals surface area contributed by atoms with Gasteiger partial charge in [0.1, 0.15) is 23.4 Å². The number of nitrogens with zero attached hydrogens (tertiary/aromatic N) is 2. The van der Waals surface area contributed by atoms with Crippen molar-refractivity contribution in [3.8, 4) is 22.3 Å². The summed E-state index contributed by atoms with van der Waals surface area (Å²) in [5.74, 6) is -1.64. The van der Waals surface area contributed by atoms with Crippen LogP contribution in [0.5, 0.6) is 0 Å². The Kier molecular flexibility index (Phi) is 10.7. The number of fused-ring (bicyclic) bond motifs is 1. The number of alkyl halides is 2. The smallest absolute Gasteiger partial charge is 0.253 e. The van der Waals surface area contributed by atoms with Gasteiger partial charge in [-0.1, -0.05) is 41.4 Å². The van der Waals surface area contributed by atoms with Crippen LogP contribution in [0.1, 0.15) is 34.5 Å². The third-order valence-corrected chi connectivity index (χ3v) is 8.05. The van der Waals surface area contributed by atoms with Gasteiger partial charge in [-0.3, -0.25) is 9.59 Å². The summed E-state index contributed by atoms with van der Waals surface area (Å²) in [5, 5.41) is 5.08. The third kappa shape index (κ3) is 8.62. The summed E-state index contributed by atoms with van der Waals surface area (Å²) in [6.45, 7) is 0.704. The number of nitrogens with one attached hydrogen (secondary N) is 1. The van der Waals surface area contributed by atoms with Gasteiger partial charge < -0.3 is 20.4 Å². The maximum Gasteiger partial charge on any atom is 0.253 e. The molecular weight excluding hydrogens is 645 g/mol. The first-order valence-corrected chi connectivity index (χ1v) is 15.6. The van der Waals surface area contributed by atoms with E-state index in [1.165, 1.54) is 11.0 Å². The van der Waals surface area contributed by atoms with E-state index in [0.29, 0.717) is 28.0 Å². The molecule has 1 aliphatic rings. The summed E-state index contributed by atoms with van der Waals surface area (Å²) in [4.78, 5) is 28.1. The van der Waals surface area contributed by atoms with Crippen molar-refractivity contribution in [1.82, 2.24) is 15.2 Å². The Hall–Kier alpha value is -4.57. The van der Waals surface area contributed by atoms with E-state index in [9.17, 15) is 18.4 Å². The SMILES string of the molecule is CNCc1cc2cc(-c3ccc(C(=O)N4CCC(F)(F)CC4)cc3)cc(-c3cc(Cl)cc(Cl)c3)c2o1.Nc1ccc(/C=C/C=O)cn1. The van der Waals surface area contributed by atoms with Crippen LogP contribution in [0.25, 0.3) is 39.3 Å². The van der Waals surface area contributed by atoms with Crippen LogP contribution in [0.15, 0.2) is 89.5 Å². The van der Waals surface area contributed by atoms with Crippen molar-refractivity contribution < 1.29 is 22.8 Å². The van der Waals surface area contributed by atoms with Gasteiger partial charge in [-0.15, -0.1) is 0 Å². The van der Waals surface area contributed by atoms with E-state index in [1.807, 2.05) is 49.5 Å². The number of amides is 1. The summed E-state index contributed by atoms with van der Waals surface area (Å²) in [7, 11) is 1.86. The summed E-state index contributed by atoms with van der Waals surface area (Å²) in [5.41, 5.74) is 10.9. The number of rotatable bonds is 7. The van der Waals surface area contributed by atoms with E-state index in [0.717, 1.165) is 50.8 Å². The number of nitrogens with two attached hydrogens (primary N) is 1. The zero-order chi connectivity index (χ0) is 33.6. The van der Waals surface area contributed by atoms with Gasteiger partial charge in [0, 0.05) is 58.7 Å². The van der Waals surface area contributed by atoms with Crippen LogP contribution >= 0.6 is 23.2 Å². The van der Waals surface area contributed by atoms with Crippen LogP contribution in [-0.2, 0) is 11.3 Å². The van der Waals surface area contributed by atoms with Gasteiger partial charge in [-0.2, -0.15) is 0 Å². The number of hydrogen-bond donors (Lipinski definition) is 2. The second-order valence-corrected chi connectivity index (χ2v) is 12.0. The number of halogens is 4. The van der Waals surface area contributed by atoms with Gasteiger partial charge >= 0.3 is 0 Å². The minimum atomic E-state index is -2.69. The lowest BCUT2D eigenvalue weighted by molar-refractivity contribution is -0.104. The molecule has 6 rings (SSSR count). The number of anilines is 1. The zero-order valence-electron chi connectivity index (χ0n) is 25.5. The molecule has 1 saturated heterocycles. The maximum absolute atomic E-state index is 13.5. The van der Waals surface area contributed by atoms with Crippen LogP contribution in [0.2, 0.25) is 10.0 Å². The van der Waals surface area contributed by atoms with Crippen LogP contribution in [0.4, 0.5) is 14.6 Å². The molecule has 2 aromatic heterocycles. The van der Waals surface area contributed by atoms with Crippen molar-refractivity contribution in [3.63, 3.8) is 0 Å². The molecule has 0 bridgehead atoms. The minimum absolute atomic E-state index is 0.0608. The molecule has 0 aliphatic carbocycles. The fourth-order valence-electron chi connectivity index (χ4n) is 5.25. The van der Waals surface area contributed by atoms with Crippen LogP contribution in [0.3, 0.4) is 0 Å². The van der Waals surface area contributed by atoms with Crippen LogP contribution in [0, 0.1) is 0 Å². The predicted molar refractivity (Wildman–Crippen MR) is 184 cm³/mol. The maximum atomic E-state index is 13.5. The largest absolute Gasteiger partial charge is 0.459 e. The van der Waals surface area contributed by atoms with Crippen LogP contribution in [-0.4, -0.2) is 48.1 Å². The minimum Gasteiger partial charge on any atom is -0.459 e. The van der Waals surface area contributed by atoms with E-state index in [-0.39, 0.29) is 31.8 Å². The zero-order valence-corrected chi connectivity index (χ0v) is 27.0. The summed E-state index contributed by atoms with van der Waals surface area (Å²) >= 11 is 12.6. The molecule has 0 unspecified atom stereocenters. The van der Waals surface area contributed by atoms with E-state index >= 15 is 0 Å². The Balaban J connectivity index is 0.000000335. The van der Waals surface area contributed by atoms with Crippen molar-refractivity contribution in [2.75, 3.05) is 25.9 Å². The Morgan fingerprint density at radius 3 is 2.30 bits per heavy atom. The number of hydrogen-bond acceptors (Lipinski definition) is 6. The van der Waals surface area contributed by atoms with Crippen molar-refractivity contribution in [1.29, 1.82) is 0 Å². The Bertz CT molecular complexity index is 1880. The fourth-order valence-corrected chi connectivity index (χ4v) is 5.77. The molecule has 1 aliphatic heterocycles. The Morgan fingerprint density at radius 2 is 1.68 bits per heavy atom. The first-order valence-electron chi connectivity index (χ1n) is 14.8. The molecule has 3 N–H and O–H groups in total. The van der Waals surface area contributed by atoms with Crippen molar-refractivity contribution in [3.05, 3.63) is 112 Å². The fraction of sp³-hybridized carbons (Fsp3) is 0.194. The van der Waals surface area contributed by atoms with Gasteiger partial charge in [0.25, 0.3) is 11.8 Å². The first kappa shape index (κ1) is 33.8. The summed E-state index contributed by atoms with van der Waals surface area (Å²) in [6, 6.07) is 22.1. The molecule has 11 heteroatoms. The van der Waals surface area contributed by atoms with Crippen LogP contribution < -0.4 is 11.1 Å². The number of nitrogen functional groups attached to an aromatic ring is 1. The molecule has 0 saturated carbocycles. The van der Waals surface area contributed by atoms with Crippen molar-refractivity contribution >= 4 is 58.3 Å². The number of aromatic nitrogens is 1. The molecule has 1 fully saturated rings. The van der Waals surface area contributed by atoms with Gasteiger partial charge in [0.05, 0.1) is 6.54 Å². The molecule has 0 atom stereocenters. The second-order valence-electron chi connectivity index (χ2n) is 11.1. The number of benzene rings is 3. The highest BCUT2D eigenvalue weighted by molar-refractivity contribution is 6.35. The molecule has 3 aromatic carbocycles. The summed E-state index contributed by atoms with van der Waals surface area (Å²) < 4.78 is 33.1. The van der Waals surface area contributed by atoms with Gasteiger partial charge in [-0.05, 0) is 96.0 Å². The number of pyridine rings is 1. The van der Waals surface area contributed by atoms with Crippen molar-refractivity contribution in [2.45, 2.75) is 25.3 Å². The normalized spacial score (nSPS) is 14.2. The number of carbonyl (C=O) groups is 2. The lowest BCUT2D eigenvalue weighted by Crippen LogP contribution is -2.42. The number of likely N-dealkylation sites (tertiary alicyclic amines) is 1. The lowest BCUT2D eigenvalue weighted by Gasteiger charge is -2.31. The van der Waals surface area contributed by atoms with E-state index in [2.05, 4.69) is 10.3 Å². The summed E-state index contributed by atoms with van der Waals surface area (Å²) in [6.07, 6.45) is 4.80. The third-order valence-electron chi connectivity index (χ3n) is 7.62. The Labute approximate surface area is 281 Å². The number of carbonyl (C=O) groups excluding carboxylic acids is 2. The van der Waals surface area contributed by atoms with E-state index in [1.54, 1.807) is 42.6 Å². The highest BCUT2D eigenvalue weighted by atomic mass is 35.5. The average molecular weight is 678 g/mol. The molecular formula is C36H32Cl2F2N4O3. The quantitative estimate of drug-likeness (QED) is 0.132. The molecule has 242 valence electrons. The van der Waals surface area contributed by atoms with E-state index < -0.39 is 5.92 Å². The highest BCUT2D eigenvalue weighted by Crippen LogP contribution is 2.38. The lowest BCUT2D eigenvalue weighted by atomic mass is 9.96. The molecule has 0 spiro atoms. The molecule has 1 amide bonds. The topological polar surface area (TPSA) is 101 Å². The molecule has 5 aromatic rings. The number of allylic oxidation sites excluding steroid dienone is 1. The molecule has 3 heterocycles. The second kappa shape index (κ2) is 14.9. The van der Waals surface area contributed by atoms with Gasteiger partial charge in [0.2, 0.25) is 0 Å². The van der Waals surface area contributed by atoms with Crippen molar-refractivity contribution in [2.24, 2.45) is 0 Å². The predicted octanol–water partition coefficient (Wildman–Crippen LogP) is 8.54. The first-order chi connectivity index (χ1) is 22.5. The number of piperidine rings is 1. The standard InChI is InChI=1S/C28H24Cl2F2N2O2.C8H8N2O/c1-33-16-24-13-21-10-19(14-25(26(21)36-24)20-11-22(29)15-23(30)12-20)17-2-4-18(5-3-17)27(35)34-8-6-28(31,32)7-9-34;9-8-4-3-7(6-10-8)2-1-5-11/h2-5,10-15,33H,6-9,16H2,1H3;1-6H,(H2,9,10)/b;2-1+. The van der Waals surface area contributed by atoms with Gasteiger partial charge in [0.15, 0.2) is 0 Å². The number of furan rings is 1. The molecule has 47 heavy (non-hydrogen) atoms. The monoisotopic (exact) mass is 676 g/mol. The highest BCUT2D eigenvalue weighted by Gasteiger charge is 2.35. The van der Waals surface area contributed by atoms with Gasteiger partial charge in [-0.25, -0.2) is 13.8 Å². The number of aldehydes is 1. The Morgan fingerprint density at radius 1 is 0.979 bits per heavy atom. The molecule has 0 radical (unpaired) electrons.